The lowest BCUT2D eigenvalue weighted by molar-refractivity contribution is 0.318. The summed E-state index contributed by atoms with van der Waals surface area (Å²) >= 11 is 7.42. The van der Waals surface area contributed by atoms with E-state index in [2.05, 4.69) is 15.1 Å². The molecular weight excluding hydrogens is 272 g/mol. The fourth-order valence-electron chi connectivity index (χ4n) is 1.34. The van der Waals surface area contributed by atoms with Gasteiger partial charge in [-0.05, 0) is 18.2 Å². The zero-order valence-electron chi connectivity index (χ0n) is 9.12. The van der Waals surface area contributed by atoms with E-state index in [1.165, 1.54) is 18.1 Å². The average Bonchev–Trinajstić information content (AvgIpc) is 2.39. The highest BCUT2D eigenvalue weighted by molar-refractivity contribution is 7.99. The van der Waals surface area contributed by atoms with Gasteiger partial charge < -0.3 is 10.9 Å². The van der Waals surface area contributed by atoms with Crippen LogP contribution in [0.4, 0.5) is 0 Å². The first-order valence-electron chi connectivity index (χ1n) is 4.92. The summed E-state index contributed by atoms with van der Waals surface area (Å²) < 4.78 is 0. The van der Waals surface area contributed by atoms with E-state index in [-0.39, 0.29) is 5.84 Å². The van der Waals surface area contributed by atoms with Gasteiger partial charge in [-0.1, -0.05) is 34.6 Å². The zero-order chi connectivity index (χ0) is 13.0. The molecule has 3 N–H and O–H groups in total. The molecule has 0 aliphatic heterocycles. The maximum atomic E-state index is 8.77. The number of aromatic nitrogens is 2. The smallest absolute Gasteiger partial charge is 0.172 e. The Morgan fingerprint density at radius 1 is 1.39 bits per heavy atom. The number of amidine groups is 1. The number of nitrogens with two attached hydrogens (primary N) is 1. The molecule has 1 aromatic carbocycles. The zero-order valence-corrected chi connectivity index (χ0v) is 10.7. The van der Waals surface area contributed by atoms with Crippen LogP contribution in [0, 0.1) is 0 Å². The van der Waals surface area contributed by atoms with Crippen LogP contribution in [-0.2, 0) is 0 Å². The van der Waals surface area contributed by atoms with E-state index in [0.717, 1.165) is 9.92 Å². The molecule has 0 saturated heterocycles. The summed E-state index contributed by atoms with van der Waals surface area (Å²) in [6, 6.07) is 7.06. The van der Waals surface area contributed by atoms with Crippen molar-refractivity contribution < 1.29 is 5.21 Å². The van der Waals surface area contributed by atoms with Crippen molar-refractivity contribution in [3.63, 3.8) is 0 Å². The summed E-state index contributed by atoms with van der Waals surface area (Å²) in [5, 5.41) is 12.9. The second-order valence-corrected chi connectivity index (χ2v) is 4.72. The van der Waals surface area contributed by atoms with Crippen molar-refractivity contribution >= 4 is 29.2 Å². The van der Waals surface area contributed by atoms with E-state index in [9.17, 15) is 0 Å². The number of hydrogen-bond donors (Lipinski definition) is 2. The van der Waals surface area contributed by atoms with Gasteiger partial charge in [0, 0.05) is 11.1 Å². The lowest BCUT2D eigenvalue weighted by atomic mass is 10.2. The summed E-state index contributed by atoms with van der Waals surface area (Å²) in [4.78, 5) is 8.70. The normalized spacial score (nSPS) is 11.5. The van der Waals surface area contributed by atoms with E-state index in [1.807, 2.05) is 6.07 Å². The monoisotopic (exact) mass is 280 g/mol. The Morgan fingerprint density at radius 3 is 2.89 bits per heavy atom. The predicted molar refractivity (Wildman–Crippen MR) is 70.1 cm³/mol. The minimum Gasteiger partial charge on any atom is -0.409 e. The van der Waals surface area contributed by atoms with E-state index in [1.54, 1.807) is 24.4 Å². The Morgan fingerprint density at radius 2 is 2.22 bits per heavy atom. The van der Waals surface area contributed by atoms with Gasteiger partial charge in [-0.15, -0.1) is 0 Å². The van der Waals surface area contributed by atoms with Crippen LogP contribution in [0.3, 0.4) is 0 Å². The third-order valence-corrected chi connectivity index (χ3v) is 3.43. The van der Waals surface area contributed by atoms with Gasteiger partial charge >= 0.3 is 0 Å². The lowest BCUT2D eigenvalue weighted by Crippen LogP contribution is -2.14. The topological polar surface area (TPSA) is 84.4 Å². The molecule has 2 rings (SSSR count). The van der Waals surface area contributed by atoms with Gasteiger partial charge in [0.05, 0.1) is 10.6 Å². The van der Waals surface area contributed by atoms with Crippen molar-refractivity contribution in [1.82, 2.24) is 9.97 Å². The molecular formula is C11H9ClN4OS. The van der Waals surface area contributed by atoms with Crippen LogP contribution in [-0.4, -0.2) is 21.0 Å². The van der Waals surface area contributed by atoms with E-state index in [4.69, 9.17) is 22.5 Å². The Labute approximate surface area is 113 Å². The summed E-state index contributed by atoms with van der Waals surface area (Å²) in [7, 11) is 0. The van der Waals surface area contributed by atoms with Gasteiger partial charge in [-0.25, -0.2) is 9.97 Å². The molecule has 1 aromatic heterocycles. The third-order valence-electron chi connectivity index (χ3n) is 2.11. The molecule has 0 spiro atoms. The Kier molecular flexibility index (Phi) is 4.01. The summed E-state index contributed by atoms with van der Waals surface area (Å²) in [5.41, 5.74) is 6.11. The van der Waals surface area contributed by atoms with Crippen LogP contribution in [0.25, 0.3) is 0 Å². The van der Waals surface area contributed by atoms with E-state index < -0.39 is 0 Å². The lowest BCUT2D eigenvalue weighted by Gasteiger charge is -2.08. The highest BCUT2D eigenvalue weighted by Crippen LogP contribution is 2.32. The average molecular weight is 281 g/mol. The highest BCUT2D eigenvalue weighted by Gasteiger charge is 2.13. The van der Waals surface area contributed by atoms with Gasteiger partial charge in [0.1, 0.15) is 11.4 Å². The summed E-state index contributed by atoms with van der Waals surface area (Å²) in [6.07, 6.45) is 3.10. The van der Waals surface area contributed by atoms with Crippen molar-refractivity contribution in [2.75, 3.05) is 0 Å². The number of benzene rings is 1. The molecule has 1 heterocycles. The second kappa shape index (κ2) is 5.70. The summed E-state index contributed by atoms with van der Waals surface area (Å²) in [6.45, 7) is 0. The molecule has 0 unspecified atom stereocenters. The SMILES string of the molecule is NC(=NO)c1c(Cl)cccc1Sc1ccncn1. The molecule has 5 nitrogen and oxygen atoms in total. The van der Waals surface area contributed by atoms with Crippen LogP contribution in [0.5, 0.6) is 0 Å². The minimum atomic E-state index is -0.0304. The molecule has 92 valence electrons. The van der Waals surface area contributed by atoms with Gasteiger partial charge in [-0.2, -0.15) is 0 Å². The second-order valence-electron chi connectivity index (χ2n) is 3.25. The Balaban J connectivity index is 2.42. The number of halogens is 1. The number of hydrogen-bond acceptors (Lipinski definition) is 5. The number of nitrogens with zero attached hydrogens (tertiary/aromatic N) is 3. The maximum absolute atomic E-state index is 8.77. The first-order valence-corrected chi connectivity index (χ1v) is 6.12. The van der Waals surface area contributed by atoms with E-state index >= 15 is 0 Å². The molecule has 0 aliphatic rings. The quantitative estimate of drug-likeness (QED) is 0.296. The highest BCUT2D eigenvalue weighted by atomic mass is 35.5. The maximum Gasteiger partial charge on any atom is 0.172 e. The van der Waals surface area contributed by atoms with Crippen molar-refractivity contribution in [2.45, 2.75) is 9.92 Å². The molecule has 0 amide bonds. The molecule has 0 saturated carbocycles. The van der Waals surface area contributed by atoms with Crippen LogP contribution in [0.15, 0.2) is 51.9 Å². The number of oxime groups is 1. The van der Waals surface area contributed by atoms with E-state index in [0.29, 0.717) is 10.6 Å². The molecule has 7 heteroatoms. The largest absolute Gasteiger partial charge is 0.409 e. The predicted octanol–water partition coefficient (Wildman–Crippen LogP) is 2.38. The first kappa shape index (κ1) is 12.7. The van der Waals surface area contributed by atoms with Crippen LogP contribution in [0.2, 0.25) is 5.02 Å². The van der Waals surface area contributed by atoms with Crippen LogP contribution >= 0.6 is 23.4 Å². The Hall–Kier alpha value is -1.79. The van der Waals surface area contributed by atoms with Crippen molar-refractivity contribution in [2.24, 2.45) is 10.9 Å². The molecule has 0 bridgehead atoms. The standard InChI is InChI=1S/C11H9ClN4OS/c12-7-2-1-3-8(10(7)11(13)16-17)18-9-4-5-14-6-15-9/h1-6,17H,(H2,13,16). The van der Waals surface area contributed by atoms with Gasteiger partial charge in [0.25, 0.3) is 0 Å². The van der Waals surface area contributed by atoms with Crippen molar-refractivity contribution in [3.8, 4) is 0 Å². The van der Waals surface area contributed by atoms with Crippen molar-refractivity contribution in [3.05, 3.63) is 47.4 Å². The molecule has 0 aliphatic carbocycles. The van der Waals surface area contributed by atoms with Gasteiger partial charge in [0.2, 0.25) is 0 Å². The van der Waals surface area contributed by atoms with Crippen LogP contribution < -0.4 is 5.73 Å². The number of rotatable bonds is 3. The minimum absolute atomic E-state index is 0.0304. The van der Waals surface area contributed by atoms with Gasteiger partial charge in [0.15, 0.2) is 5.84 Å². The van der Waals surface area contributed by atoms with Crippen molar-refractivity contribution in [1.29, 1.82) is 0 Å². The molecule has 18 heavy (non-hydrogen) atoms. The fourth-order valence-corrected chi connectivity index (χ4v) is 2.58. The molecule has 2 aromatic rings. The Bertz CT molecular complexity index is 577. The first-order chi connectivity index (χ1) is 8.72. The third kappa shape index (κ3) is 2.72. The van der Waals surface area contributed by atoms with Crippen LogP contribution in [0.1, 0.15) is 5.56 Å². The molecule has 0 atom stereocenters. The fraction of sp³-hybridized carbons (Fsp3) is 0. The molecule has 0 radical (unpaired) electrons. The summed E-state index contributed by atoms with van der Waals surface area (Å²) in [5.74, 6) is -0.0304. The van der Waals surface area contributed by atoms with Gasteiger partial charge in [-0.3, -0.25) is 0 Å². The molecule has 0 fully saturated rings.